The molecule has 0 unspecified atom stereocenters. The van der Waals surface area contributed by atoms with E-state index in [0.717, 1.165) is 17.8 Å². The second kappa shape index (κ2) is 6.00. The van der Waals surface area contributed by atoms with Crippen LogP contribution in [0.4, 0.5) is 0 Å². The number of hydrogen-bond acceptors (Lipinski definition) is 0. The average molecular weight is 392 g/mol. The molecule has 150 valence electrons. The van der Waals surface area contributed by atoms with Crippen molar-refractivity contribution in [3.8, 4) is 5.69 Å². The van der Waals surface area contributed by atoms with Gasteiger partial charge in [0.25, 0.3) is 0 Å². The van der Waals surface area contributed by atoms with Crippen molar-refractivity contribution in [1.29, 1.82) is 0 Å². The highest BCUT2D eigenvalue weighted by Crippen LogP contribution is 2.60. The van der Waals surface area contributed by atoms with Crippen molar-refractivity contribution in [1.82, 2.24) is 4.57 Å². The molecule has 0 amide bonds. The predicted octanol–water partition coefficient (Wildman–Crippen LogP) is 7.56. The fourth-order valence-corrected chi connectivity index (χ4v) is 7.91. The Kier molecular flexibility index (Phi) is 3.44. The number of rotatable bonds is 2. The topological polar surface area (TPSA) is 4.93 Å². The van der Waals surface area contributed by atoms with E-state index >= 15 is 0 Å². The molecular formula is C29H29N. The van der Waals surface area contributed by atoms with Gasteiger partial charge in [-0.25, -0.2) is 0 Å². The van der Waals surface area contributed by atoms with Crippen LogP contribution in [0.5, 0.6) is 0 Å². The van der Waals surface area contributed by atoms with Gasteiger partial charge in [0.1, 0.15) is 0 Å². The summed E-state index contributed by atoms with van der Waals surface area (Å²) in [5, 5.41) is 2.74. The molecule has 4 aliphatic carbocycles. The molecule has 0 spiro atoms. The van der Waals surface area contributed by atoms with Crippen LogP contribution in [0, 0.1) is 24.7 Å². The standard InChI is InChI=1S/C29H29N/c1-19-5-4-8-27-28(19)25-6-2-3-7-26(25)30(27)24-11-9-23(10-12-24)29-16-20-13-21(17-29)15-22(14-20)18-29/h2-12,20-22H,13-18H2,1H3. The third kappa shape index (κ3) is 2.30. The Morgan fingerprint density at radius 1 is 0.700 bits per heavy atom. The molecule has 0 saturated heterocycles. The third-order valence-electron chi connectivity index (χ3n) is 8.68. The zero-order valence-electron chi connectivity index (χ0n) is 17.8. The van der Waals surface area contributed by atoms with Gasteiger partial charge in [-0.3, -0.25) is 0 Å². The van der Waals surface area contributed by atoms with Gasteiger partial charge >= 0.3 is 0 Å². The molecule has 4 fully saturated rings. The summed E-state index contributed by atoms with van der Waals surface area (Å²) in [4.78, 5) is 0. The van der Waals surface area contributed by atoms with E-state index in [1.807, 2.05) is 0 Å². The minimum atomic E-state index is 0.477. The molecule has 0 N–H and O–H groups in total. The number of hydrogen-bond donors (Lipinski definition) is 0. The first-order valence-electron chi connectivity index (χ1n) is 11.8. The molecule has 4 saturated carbocycles. The van der Waals surface area contributed by atoms with Crippen LogP contribution in [-0.2, 0) is 5.41 Å². The summed E-state index contributed by atoms with van der Waals surface area (Å²) in [7, 11) is 0. The van der Waals surface area contributed by atoms with Crippen molar-refractivity contribution in [2.75, 3.05) is 0 Å². The van der Waals surface area contributed by atoms with Crippen LogP contribution in [0.3, 0.4) is 0 Å². The van der Waals surface area contributed by atoms with Crippen LogP contribution >= 0.6 is 0 Å². The molecule has 0 radical (unpaired) electrons. The van der Waals surface area contributed by atoms with E-state index in [1.54, 1.807) is 5.56 Å². The fourth-order valence-electron chi connectivity index (χ4n) is 7.91. The molecule has 8 rings (SSSR count). The van der Waals surface area contributed by atoms with E-state index in [1.165, 1.54) is 71.6 Å². The Morgan fingerprint density at radius 2 is 1.33 bits per heavy atom. The number of nitrogens with zero attached hydrogens (tertiary/aromatic N) is 1. The van der Waals surface area contributed by atoms with Gasteiger partial charge in [-0.05, 0) is 104 Å². The number of para-hydroxylation sites is 1. The lowest BCUT2D eigenvalue weighted by Crippen LogP contribution is -2.48. The lowest BCUT2D eigenvalue weighted by Gasteiger charge is -2.57. The van der Waals surface area contributed by atoms with Crippen molar-refractivity contribution in [3.05, 3.63) is 77.9 Å². The molecule has 30 heavy (non-hydrogen) atoms. The summed E-state index contributed by atoms with van der Waals surface area (Å²) in [5.41, 5.74) is 7.36. The predicted molar refractivity (Wildman–Crippen MR) is 125 cm³/mol. The van der Waals surface area contributed by atoms with Gasteiger partial charge in [-0.2, -0.15) is 0 Å². The van der Waals surface area contributed by atoms with Gasteiger partial charge in [0, 0.05) is 16.5 Å². The van der Waals surface area contributed by atoms with Gasteiger partial charge in [0.05, 0.1) is 11.0 Å². The van der Waals surface area contributed by atoms with Crippen LogP contribution in [0.1, 0.15) is 49.7 Å². The maximum atomic E-state index is 2.47. The first-order valence-corrected chi connectivity index (χ1v) is 11.8. The summed E-state index contributed by atoms with van der Waals surface area (Å²) in [6.45, 7) is 2.23. The van der Waals surface area contributed by atoms with Gasteiger partial charge < -0.3 is 4.57 Å². The van der Waals surface area contributed by atoms with Crippen molar-refractivity contribution < 1.29 is 0 Å². The van der Waals surface area contributed by atoms with Crippen LogP contribution < -0.4 is 0 Å². The van der Waals surface area contributed by atoms with Crippen molar-refractivity contribution in [2.24, 2.45) is 17.8 Å². The zero-order valence-corrected chi connectivity index (χ0v) is 17.8. The SMILES string of the molecule is Cc1cccc2c1c1ccccc1n2-c1ccc(C23CC4CC(CC(C4)C2)C3)cc1. The van der Waals surface area contributed by atoms with E-state index in [2.05, 4.69) is 78.2 Å². The van der Waals surface area contributed by atoms with E-state index < -0.39 is 0 Å². The Balaban J connectivity index is 1.37. The Hall–Kier alpha value is -2.54. The van der Waals surface area contributed by atoms with Crippen molar-refractivity contribution in [2.45, 2.75) is 50.9 Å². The molecule has 1 heteroatoms. The first-order chi connectivity index (χ1) is 14.7. The van der Waals surface area contributed by atoms with Gasteiger partial charge in [-0.15, -0.1) is 0 Å². The third-order valence-corrected chi connectivity index (χ3v) is 8.68. The number of aromatic nitrogens is 1. The van der Waals surface area contributed by atoms with Crippen LogP contribution in [-0.4, -0.2) is 4.57 Å². The Morgan fingerprint density at radius 3 is 2.03 bits per heavy atom. The smallest absolute Gasteiger partial charge is 0.0543 e. The first kappa shape index (κ1) is 17.2. The minimum Gasteiger partial charge on any atom is -0.309 e. The van der Waals surface area contributed by atoms with E-state index in [0.29, 0.717) is 5.41 Å². The molecule has 3 aromatic carbocycles. The highest BCUT2D eigenvalue weighted by Gasteiger charge is 2.51. The highest BCUT2D eigenvalue weighted by atomic mass is 15.0. The second-order valence-electron chi connectivity index (χ2n) is 10.6. The molecule has 4 bridgehead atoms. The van der Waals surface area contributed by atoms with Crippen LogP contribution in [0.2, 0.25) is 0 Å². The highest BCUT2D eigenvalue weighted by molar-refractivity contribution is 6.10. The van der Waals surface area contributed by atoms with Crippen molar-refractivity contribution in [3.63, 3.8) is 0 Å². The Labute approximate surface area is 178 Å². The van der Waals surface area contributed by atoms with Gasteiger partial charge in [0.15, 0.2) is 0 Å². The maximum Gasteiger partial charge on any atom is 0.0543 e. The van der Waals surface area contributed by atoms with Crippen LogP contribution in [0.25, 0.3) is 27.5 Å². The largest absolute Gasteiger partial charge is 0.309 e. The molecule has 0 aliphatic heterocycles. The van der Waals surface area contributed by atoms with E-state index in [4.69, 9.17) is 0 Å². The van der Waals surface area contributed by atoms with Crippen LogP contribution in [0.15, 0.2) is 66.7 Å². The summed E-state index contributed by atoms with van der Waals surface area (Å²) in [6.07, 6.45) is 8.85. The zero-order chi connectivity index (χ0) is 19.9. The lowest BCUT2D eigenvalue weighted by molar-refractivity contribution is -0.00518. The lowest BCUT2D eigenvalue weighted by atomic mass is 9.48. The minimum absolute atomic E-state index is 0.477. The van der Waals surface area contributed by atoms with Gasteiger partial charge in [-0.1, -0.05) is 42.5 Å². The van der Waals surface area contributed by atoms with E-state index in [-0.39, 0.29) is 0 Å². The molecule has 1 heterocycles. The van der Waals surface area contributed by atoms with Gasteiger partial charge in [0.2, 0.25) is 0 Å². The summed E-state index contributed by atoms with van der Waals surface area (Å²) < 4.78 is 2.46. The average Bonchev–Trinajstić information content (AvgIpc) is 3.08. The second-order valence-corrected chi connectivity index (χ2v) is 10.6. The summed E-state index contributed by atoms with van der Waals surface area (Å²) in [6, 6.07) is 25.3. The molecule has 1 aromatic heterocycles. The summed E-state index contributed by atoms with van der Waals surface area (Å²) >= 11 is 0. The number of aryl methyl sites for hydroxylation is 1. The normalized spacial score (nSPS) is 29.8. The fraction of sp³-hybridized carbons (Fsp3) is 0.379. The number of benzene rings is 3. The molecule has 4 aliphatic rings. The Bertz CT molecular complexity index is 1240. The molecular weight excluding hydrogens is 362 g/mol. The molecule has 1 nitrogen and oxygen atoms in total. The quantitative estimate of drug-likeness (QED) is 0.332. The monoisotopic (exact) mass is 391 g/mol. The summed E-state index contributed by atoms with van der Waals surface area (Å²) in [5.74, 6) is 2.99. The van der Waals surface area contributed by atoms with E-state index in [9.17, 15) is 0 Å². The van der Waals surface area contributed by atoms with Crippen molar-refractivity contribution >= 4 is 21.8 Å². The maximum absolute atomic E-state index is 2.47. The molecule has 4 aromatic rings. The number of fused-ring (bicyclic) bond motifs is 3. The molecule has 0 atom stereocenters.